The van der Waals surface area contributed by atoms with Gasteiger partial charge < -0.3 is 14.8 Å². The molecule has 0 amide bonds. The number of aromatic amines is 1. The molecule has 0 aliphatic carbocycles. The van der Waals surface area contributed by atoms with Crippen LogP contribution in [-0.2, 0) is 6.54 Å². The Morgan fingerprint density at radius 2 is 1.92 bits per heavy atom. The summed E-state index contributed by atoms with van der Waals surface area (Å²) < 4.78 is 1.66. The molecule has 3 rings (SSSR count). The van der Waals surface area contributed by atoms with Crippen LogP contribution in [-0.4, -0.2) is 42.4 Å². The number of rotatable bonds is 5. The molecule has 1 aromatic rings. The van der Waals surface area contributed by atoms with Crippen molar-refractivity contribution < 1.29 is 10.2 Å². The Balaban J connectivity index is 2.29. The summed E-state index contributed by atoms with van der Waals surface area (Å²) in [4.78, 5) is 34.2. The molecule has 1 aromatic carbocycles. The number of aliphatic hydroxyl groups is 2. The van der Waals surface area contributed by atoms with Gasteiger partial charge in [0, 0.05) is 6.61 Å². The molecule has 0 aromatic heterocycles. The van der Waals surface area contributed by atoms with Crippen molar-refractivity contribution in [3.63, 3.8) is 0 Å². The fraction of sp³-hybridized carbons (Fsp3) is 0.412. The molecule has 0 radical (unpaired) electrons. The number of benzene rings is 1. The molecule has 2 aliphatic rings. The maximum Gasteiger partial charge on any atom is 0.349 e. The molecular formula is C17H20N4O4. The van der Waals surface area contributed by atoms with Gasteiger partial charge in [-0.1, -0.05) is 0 Å². The maximum absolute atomic E-state index is 12.1. The van der Waals surface area contributed by atoms with Crippen molar-refractivity contribution in [1.29, 1.82) is 0 Å². The molecule has 0 saturated heterocycles. The average Bonchev–Trinajstić information content (AvgIpc) is 2.55. The number of hydrogen-bond donors (Lipinski definition) is 3. The van der Waals surface area contributed by atoms with Crippen LogP contribution in [0.3, 0.4) is 0 Å². The summed E-state index contributed by atoms with van der Waals surface area (Å²) in [5.41, 5.74) is 2.04. The first-order valence-electron chi connectivity index (χ1n) is 8.11. The van der Waals surface area contributed by atoms with Gasteiger partial charge in [0.25, 0.3) is 5.56 Å². The van der Waals surface area contributed by atoms with Gasteiger partial charge in [-0.05, 0) is 49.9 Å². The second-order valence-corrected chi connectivity index (χ2v) is 6.21. The largest absolute Gasteiger partial charge is 0.396 e. The maximum atomic E-state index is 12.1. The molecule has 0 fully saturated rings. The molecule has 0 bridgehead atoms. The highest BCUT2D eigenvalue weighted by atomic mass is 16.3. The van der Waals surface area contributed by atoms with Crippen LogP contribution in [0.5, 0.6) is 0 Å². The lowest BCUT2D eigenvalue weighted by Crippen LogP contribution is -2.30. The monoisotopic (exact) mass is 344 g/mol. The van der Waals surface area contributed by atoms with Crippen LogP contribution < -0.4 is 11.2 Å². The number of nitrogens with zero attached hydrogens (tertiary/aromatic N) is 3. The van der Waals surface area contributed by atoms with Gasteiger partial charge in [0.1, 0.15) is 0 Å². The molecule has 0 spiro atoms. The van der Waals surface area contributed by atoms with Crippen LogP contribution in [0.1, 0.15) is 24.0 Å². The fourth-order valence-corrected chi connectivity index (χ4v) is 2.86. The molecule has 1 unspecified atom stereocenters. The highest BCUT2D eigenvalue weighted by Crippen LogP contribution is 2.24. The number of hydrogen-bond acceptors (Lipinski definition) is 6. The summed E-state index contributed by atoms with van der Waals surface area (Å²) in [5.74, 6) is 0.146. The third kappa shape index (κ3) is 3.31. The van der Waals surface area contributed by atoms with Gasteiger partial charge in [-0.2, -0.15) is 4.98 Å². The highest BCUT2D eigenvalue weighted by molar-refractivity contribution is 5.81. The van der Waals surface area contributed by atoms with Crippen LogP contribution in [0.25, 0.3) is 22.6 Å². The summed E-state index contributed by atoms with van der Waals surface area (Å²) >= 11 is 0. The molecule has 0 saturated carbocycles. The van der Waals surface area contributed by atoms with Crippen LogP contribution >= 0.6 is 0 Å². The second-order valence-electron chi connectivity index (χ2n) is 6.21. The van der Waals surface area contributed by atoms with E-state index in [1.807, 2.05) is 26.0 Å². The zero-order chi connectivity index (χ0) is 18.1. The lowest BCUT2D eigenvalue weighted by Gasteiger charge is -2.20. The van der Waals surface area contributed by atoms with E-state index in [4.69, 9.17) is 5.11 Å². The van der Waals surface area contributed by atoms with Crippen LogP contribution in [0.2, 0.25) is 0 Å². The van der Waals surface area contributed by atoms with Crippen molar-refractivity contribution in [3.8, 4) is 11.5 Å². The molecule has 25 heavy (non-hydrogen) atoms. The van der Waals surface area contributed by atoms with Crippen molar-refractivity contribution >= 4 is 11.0 Å². The summed E-state index contributed by atoms with van der Waals surface area (Å²) in [5, 5.41) is 19.2. The van der Waals surface area contributed by atoms with E-state index in [9.17, 15) is 14.7 Å². The van der Waals surface area contributed by atoms with Gasteiger partial charge in [0.15, 0.2) is 11.5 Å². The van der Waals surface area contributed by atoms with Gasteiger partial charge in [-0.25, -0.2) is 9.78 Å². The lowest BCUT2D eigenvalue weighted by atomic mass is 10.1. The third-order valence-electron chi connectivity index (χ3n) is 4.31. The first kappa shape index (κ1) is 17.2. The summed E-state index contributed by atoms with van der Waals surface area (Å²) in [6, 6.07) is 3.77. The predicted molar refractivity (Wildman–Crippen MR) is 92.8 cm³/mol. The fourth-order valence-electron chi connectivity index (χ4n) is 2.86. The molecule has 132 valence electrons. The summed E-state index contributed by atoms with van der Waals surface area (Å²) in [6.07, 6.45) is 0.109. The zero-order valence-electron chi connectivity index (χ0n) is 14.1. The van der Waals surface area contributed by atoms with Gasteiger partial charge in [-0.15, -0.1) is 0 Å². The smallest absolute Gasteiger partial charge is 0.349 e. The summed E-state index contributed by atoms with van der Waals surface area (Å²) in [7, 11) is 0. The van der Waals surface area contributed by atoms with Gasteiger partial charge in [0.2, 0.25) is 0 Å². The minimum Gasteiger partial charge on any atom is -0.396 e. The lowest BCUT2D eigenvalue weighted by molar-refractivity contribution is 0.133. The van der Waals surface area contributed by atoms with Crippen molar-refractivity contribution in [2.45, 2.75) is 39.3 Å². The average molecular weight is 344 g/mol. The van der Waals surface area contributed by atoms with Crippen LogP contribution in [0.4, 0.5) is 0 Å². The first-order valence-corrected chi connectivity index (χ1v) is 8.11. The Morgan fingerprint density at radius 3 is 2.64 bits per heavy atom. The predicted octanol–water partition coefficient (Wildman–Crippen LogP) is 0.335. The van der Waals surface area contributed by atoms with E-state index in [2.05, 4.69) is 15.0 Å². The standard InChI is InChI=1S/C17H20N4O4/c1-9-6-12-13(7-10(9)2)21(8-11(23)4-3-5-22)15-14(18-12)16(24)20-17(25)19-15/h6-7,11,22-23H,3-5,8H2,1-2H3,(H,20,24,25). The van der Waals surface area contributed by atoms with Gasteiger partial charge in [0.05, 0.1) is 23.7 Å². The molecule has 8 heteroatoms. The van der Waals surface area contributed by atoms with E-state index in [1.54, 1.807) is 4.57 Å². The third-order valence-corrected chi connectivity index (χ3v) is 4.31. The van der Waals surface area contributed by atoms with Crippen LogP contribution in [0.15, 0.2) is 21.7 Å². The molecule has 2 heterocycles. The number of aromatic nitrogens is 4. The van der Waals surface area contributed by atoms with Crippen molar-refractivity contribution in [2.75, 3.05) is 6.61 Å². The number of nitrogens with one attached hydrogen (secondary N) is 1. The van der Waals surface area contributed by atoms with Gasteiger partial charge >= 0.3 is 5.69 Å². The minimum atomic E-state index is -0.749. The Kier molecular flexibility index (Phi) is 4.65. The first-order chi connectivity index (χ1) is 11.9. The minimum absolute atomic E-state index is 0.0134. The number of aliphatic hydroxyl groups excluding tert-OH is 2. The van der Waals surface area contributed by atoms with E-state index in [0.717, 1.165) is 11.1 Å². The highest BCUT2D eigenvalue weighted by Gasteiger charge is 2.20. The van der Waals surface area contributed by atoms with Gasteiger partial charge in [-0.3, -0.25) is 9.78 Å². The SMILES string of the molecule is Cc1cc2nc3c(=O)[nH]c(=O)nc-3n(CC(O)CCCO)c2cc1C. The van der Waals surface area contributed by atoms with E-state index in [0.29, 0.717) is 23.9 Å². The topological polar surface area (TPSA) is 121 Å². The van der Waals surface area contributed by atoms with Crippen LogP contribution in [0, 0.1) is 13.8 Å². The molecule has 3 N–H and O–H groups in total. The van der Waals surface area contributed by atoms with E-state index < -0.39 is 17.4 Å². The molecule has 2 aliphatic heterocycles. The number of H-pyrrole nitrogens is 1. The van der Waals surface area contributed by atoms with E-state index in [1.165, 1.54) is 0 Å². The van der Waals surface area contributed by atoms with E-state index >= 15 is 0 Å². The molecule has 1 atom stereocenters. The Labute approximate surface area is 143 Å². The zero-order valence-corrected chi connectivity index (χ0v) is 14.1. The second kappa shape index (κ2) is 6.73. The van der Waals surface area contributed by atoms with Crippen molar-refractivity contribution in [3.05, 3.63) is 44.1 Å². The Bertz CT molecular complexity index is 1010. The number of aryl methyl sites for hydroxylation is 2. The molecule has 8 nitrogen and oxygen atoms in total. The van der Waals surface area contributed by atoms with Crippen molar-refractivity contribution in [1.82, 2.24) is 19.5 Å². The number of fused-ring (bicyclic) bond motifs is 2. The Hall–Kier alpha value is -2.58. The summed E-state index contributed by atoms with van der Waals surface area (Å²) in [6.45, 7) is 4.04. The normalized spacial score (nSPS) is 12.8. The molecular weight excluding hydrogens is 324 g/mol. The Morgan fingerprint density at radius 1 is 1.20 bits per heavy atom. The quantitative estimate of drug-likeness (QED) is 0.574. The van der Waals surface area contributed by atoms with E-state index in [-0.39, 0.29) is 24.7 Å². The van der Waals surface area contributed by atoms with Crippen molar-refractivity contribution in [2.24, 2.45) is 0 Å².